The van der Waals surface area contributed by atoms with Crippen LogP contribution in [0.4, 0.5) is 4.79 Å². The van der Waals surface area contributed by atoms with E-state index in [4.69, 9.17) is 14.5 Å². The molecule has 0 fully saturated rings. The number of pyridine rings is 1. The molecule has 0 radical (unpaired) electrons. The van der Waals surface area contributed by atoms with Gasteiger partial charge in [-0.15, -0.1) is 0 Å². The van der Waals surface area contributed by atoms with E-state index in [1.54, 1.807) is 6.07 Å². The first-order valence-corrected chi connectivity index (χ1v) is 19.4. The van der Waals surface area contributed by atoms with Gasteiger partial charge in [-0.05, 0) is 56.3 Å². The number of carbonyl (C=O) groups is 1. The molecule has 0 saturated heterocycles. The summed E-state index contributed by atoms with van der Waals surface area (Å²) in [5.41, 5.74) is 4.18. The van der Waals surface area contributed by atoms with Crippen LogP contribution in [0, 0.1) is 6.92 Å². The van der Waals surface area contributed by atoms with E-state index in [1.165, 1.54) is 5.56 Å². The van der Waals surface area contributed by atoms with Gasteiger partial charge in [-0.1, -0.05) is 27.7 Å². The topological polar surface area (TPSA) is 51.7 Å². The van der Waals surface area contributed by atoms with Crippen LogP contribution in [-0.2, 0) is 15.3 Å². The number of aromatic nitrogens is 1. The van der Waals surface area contributed by atoms with Crippen molar-refractivity contribution >= 4 is 78.3 Å². The Hall–Kier alpha value is 0.556. The Labute approximate surface area is 218 Å². The molecule has 0 aliphatic carbocycles. The Balaban J connectivity index is 0.00000103. The van der Waals surface area contributed by atoms with E-state index in [2.05, 4.69) is 102 Å². The normalized spacial score (nSPS) is 11.6. The maximum atomic E-state index is 11.8. The first kappa shape index (κ1) is 28.6. The van der Waals surface area contributed by atoms with Crippen molar-refractivity contribution in [3.63, 3.8) is 0 Å². The monoisotopic (exact) mass is 797 g/mol. The van der Waals surface area contributed by atoms with Crippen molar-refractivity contribution in [2.45, 2.75) is 46.1 Å². The molecular weight excluding hydrogens is 768 g/mol. The molecule has 2 rings (SSSR count). The van der Waals surface area contributed by atoms with Crippen LogP contribution >= 0.6 is 61.2 Å². The molecule has 1 aromatic heterocycles. The molecule has 0 atom stereocenters. The molecule has 0 N–H and O–H groups in total. The fraction of sp³-hybridized carbons (Fsp3) is 0.476. The fourth-order valence-electron chi connectivity index (χ4n) is 3.02. The van der Waals surface area contributed by atoms with Gasteiger partial charge in [-0.2, -0.15) is 0 Å². The first-order valence-electron chi connectivity index (χ1n) is 9.37. The third-order valence-corrected chi connectivity index (χ3v) is 4.18. The zero-order valence-corrected chi connectivity index (χ0v) is 25.6. The molecule has 0 aliphatic rings. The molecule has 1 heterocycles. The summed E-state index contributed by atoms with van der Waals surface area (Å²) in [5.74, 6) is 1.20. The molecule has 9 heteroatoms. The summed E-state index contributed by atoms with van der Waals surface area (Å²) in [5, 5.41) is 1.01. The van der Waals surface area contributed by atoms with E-state index in [9.17, 15) is 4.79 Å². The van der Waals surface area contributed by atoms with Crippen molar-refractivity contribution in [1.82, 2.24) is 9.88 Å². The van der Waals surface area contributed by atoms with Gasteiger partial charge in [0.05, 0.1) is 5.52 Å². The van der Waals surface area contributed by atoms with Gasteiger partial charge >= 0.3 is 71.4 Å². The molecule has 2 aromatic rings. The second-order valence-corrected chi connectivity index (χ2v) is 33.8. The van der Waals surface area contributed by atoms with E-state index in [1.807, 2.05) is 25.1 Å². The summed E-state index contributed by atoms with van der Waals surface area (Å²) in [6.07, 6.45) is -0.741. The third-order valence-electron chi connectivity index (χ3n) is 4.18. The molecule has 0 aliphatic heterocycles. The van der Waals surface area contributed by atoms with Crippen LogP contribution in [0.3, 0.4) is 0 Å². The Morgan fingerprint density at radius 1 is 1.17 bits per heavy atom. The average molecular weight is 797 g/mol. The van der Waals surface area contributed by atoms with Crippen LogP contribution in [0.2, 0.25) is 0 Å². The molecular formula is C21H29CoI3N2O3-. The van der Waals surface area contributed by atoms with Crippen molar-refractivity contribution in [2.75, 3.05) is 20.7 Å². The number of rotatable bonds is 6. The number of hydrogen-bond donors (Lipinski definition) is 0. The minimum absolute atomic E-state index is 0.0340. The van der Waals surface area contributed by atoms with Gasteiger partial charge < -0.3 is 21.3 Å². The summed E-state index contributed by atoms with van der Waals surface area (Å²) >= 11 is 7.14. The summed E-state index contributed by atoms with van der Waals surface area (Å²) < 4.78 is 10.6. The summed E-state index contributed by atoms with van der Waals surface area (Å²) in [4.78, 5) is 18.8. The van der Waals surface area contributed by atoms with Crippen LogP contribution in [0.25, 0.3) is 10.9 Å². The predicted octanol–water partition coefficient (Wildman–Crippen LogP) is 7.55. The summed E-state index contributed by atoms with van der Waals surface area (Å²) in [6, 6.07) is 5.88. The Morgan fingerprint density at radius 2 is 1.77 bits per heavy atom. The van der Waals surface area contributed by atoms with Gasteiger partial charge in [0.1, 0.15) is 5.75 Å². The van der Waals surface area contributed by atoms with Crippen LogP contribution in [0.5, 0.6) is 5.75 Å². The Morgan fingerprint density at radius 3 is 2.23 bits per heavy atom. The molecule has 1 aromatic carbocycles. The van der Waals surface area contributed by atoms with E-state index in [-0.39, 0.29) is 6.61 Å². The predicted molar refractivity (Wildman–Crippen MR) is 147 cm³/mol. The van der Waals surface area contributed by atoms with Gasteiger partial charge in [0.2, 0.25) is 0 Å². The van der Waals surface area contributed by atoms with Gasteiger partial charge in [0.25, 0.3) is 0 Å². The fourth-order valence-corrected chi connectivity index (χ4v) is 3.02. The number of hydrogen-bond acceptors (Lipinski definition) is 5. The molecule has 5 nitrogen and oxygen atoms in total. The second-order valence-electron chi connectivity index (χ2n) is 7.46. The first-order chi connectivity index (χ1) is 14.0. The van der Waals surface area contributed by atoms with Gasteiger partial charge in [-0.3, -0.25) is 4.98 Å². The van der Waals surface area contributed by atoms with Gasteiger partial charge in [-0.25, -0.2) is 4.79 Å². The van der Waals surface area contributed by atoms with Crippen LogP contribution in [-0.4, -0.2) is 36.7 Å². The molecule has 30 heavy (non-hydrogen) atoms. The van der Waals surface area contributed by atoms with Crippen LogP contribution in [0.15, 0.2) is 18.2 Å². The van der Waals surface area contributed by atoms with E-state index in [0.29, 0.717) is 28.1 Å². The average Bonchev–Trinajstić information content (AvgIpc) is 2.61. The maximum absolute atomic E-state index is 11.8. The molecule has 0 amide bonds. The number of halogens is 3. The number of fused-ring (bicyclic) bond motifs is 1. The Kier molecular flexibility index (Phi) is 13.3. The van der Waals surface area contributed by atoms with E-state index >= 15 is 0 Å². The van der Waals surface area contributed by atoms with Crippen LogP contribution < -0.4 is 4.74 Å². The third kappa shape index (κ3) is 9.20. The zero-order chi connectivity index (χ0) is 23.0. The van der Waals surface area contributed by atoms with Crippen LogP contribution in [0.1, 0.15) is 56.4 Å². The molecule has 0 saturated carbocycles. The summed E-state index contributed by atoms with van der Waals surface area (Å²) in [6.45, 7) is 12.8. The molecule has 0 spiro atoms. The number of benzene rings is 1. The van der Waals surface area contributed by atoms with Crippen molar-refractivity contribution < 1.29 is 18.3 Å². The Bertz CT molecular complexity index is 843. The van der Waals surface area contributed by atoms with Crippen molar-refractivity contribution in [3.05, 3.63) is 41.9 Å². The second kappa shape index (κ2) is 14.0. The summed E-state index contributed by atoms with van der Waals surface area (Å²) in [7, 11) is 3.96. The van der Waals surface area contributed by atoms with Gasteiger partial charge in [0.15, 0.2) is 0 Å². The number of carbonyl (C=O) groups excluding carboxylic acids is 1. The van der Waals surface area contributed by atoms with Crippen molar-refractivity contribution in [2.24, 2.45) is 0 Å². The standard InChI is InChI=1S/C21H29N2O3.Co.3HI/c1-8-25-21(24)26-19-10-9-18-16(17(19)12-23(6)7)11-15(13(2)3)20(22-18)14(4)5;;;;/h9-11,13-14H,1,8,12H2,2-7H3;;3*1H/q-1;+3;;;/p-3. The minimum atomic E-state index is -0.741. The van der Waals surface area contributed by atoms with Crippen molar-refractivity contribution in [3.8, 4) is 5.75 Å². The molecule has 0 unspecified atom stereocenters. The quantitative estimate of drug-likeness (QED) is 0.131. The van der Waals surface area contributed by atoms with E-state index in [0.717, 1.165) is 22.2 Å². The van der Waals surface area contributed by atoms with Gasteiger partial charge in [0, 0.05) is 23.2 Å². The zero-order valence-electron chi connectivity index (χ0n) is 18.1. The van der Waals surface area contributed by atoms with E-state index < -0.39 is 6.16 Å². The van der Waals surface area contributed by atoms with Crippen molar-refractivity contribution in [1.29, 1.82) is 0 Å². The SMILES string of the molecule is [CH2-]COC(=O)Oc1ccc2nc(C(C)C)c(C(C)C)cc2c1CN(C)C.[I][Co]([I])[I]. The molecule has 0 bridgehead atoms. The molecule has 172 valence electrons. The number of ether oxygens (including phenoxy) is 2. The number of nitrogens with zero attached hydrogens (tertiary/aromatic N) is 2.